The normalized spacial score (nSPS) is 18.7. The number of hydrogen-bond donors (Lipinski definition) is 1. The van der Waals surface area contributed by atoms with Crippen molar-refractivity contribution in [1.82, 2.24) is 15.1 Å². The lowest BCUT2D eigenvalue weighted by Gasteiger charge is -2.27. The van der Waals surface area contributed by atoms with Gasteiger partial charge in [-0.2, -0.15) is 0 Å². The highest BCUT2D eigenvalue weighted by Crippen LogP contribution is 2.33. The van der Waals surface area contributed by atoms with Crippen LogP contribution in [0.25, 0.3) is 10.8 Å². The second kappa shape index (κ2) is 9.72. The molecule has 1 aliphatic heterocycles. The van der Waals surface area contributed by atoms with Crippen molar-refractivity contribution in [3.8, 4) is 0 Å². The number of imide groups is 1. The summed E-state index contributed by atoms with van der Waals surface area (Å²) >= 11 is 0. The topological polar surface area (TPSA) is 69.7 Å². The minimum absolute atomic E-state index is 0.183. The molecule has 1 atom stereocenters. The first-order chi connectivity index (χ1) is 15.1. The van der Waals surface area contributed by atoms with E-state index in [1.807, 2.05) is 42.5 Å². The van der Waals surface area contributed by atoms with Gasteiger partial charge < -0.3 is 10.2 Å². The summed E-state index contributed by atoms with van der Waals surface area (Å²) in [7, 11) is 0. The Morgan fingerprint density at radius 1 is 0.969 bits per heavy atom. The van der Waals surface area contributed by atoms with Gasteiger partial charge in [0.2, 0.25) is 5.91 Å². The van der Waals surface area contributed by atoms with Gasteiger partial charge in [-0.1, -0.05) is 70.2 Å². The Balaban J connectivity index is 1.82. The first-order valence-corrected chi connectivity index (χ1v) is 11.5. The average molecular weight is 438 g/mol. The van der Waals surface area contributed by atoms with Gasteiger partial charge in [0.05, 0.1) is 0 Å². The van der Waals surface area contributed by atoms with Crippen LogP contribution >= 0.6 is 0 Å². The van der Waals surface area contributed by atoms with Crippen molar-refractivity contribution in [3.05, 3.63) is 48.0 Å². The van der Waals surface area contributed by atoms with Crippen LogP contribution in [0.15, 0.2) is 42.5 Å². The highest BCUT2D eigenvalue weighted by molar-refractivity contribution is 6.10. The van der Waals surface area contributed by atoms with Crippen LogP contribution in [-0.4, -0.2) is 47.3 Å². The highest BCUT2D eigenvalue weighted by Gasteiger charge is 2.50. The molecule has 1 fully saturated rings. The van der Waals surface area contributed by atoms with Gasteiger partial charge in [0.1, 0.15) is 12.1 Å². The second-order valence-electron chi connectivity index (χ2n) is 9.72. The average Bonchev–Trinajstić information content (AvgIpc) is 2.96. The van der Waals surface area contributed by atoms with Gasteiger partial charge in [-0.15, -0.1) is 0 Å². The van der Waals surface area contributed by atoms with Crippen LogP contribution in [0.5, 0.6) is 0 Å². The fourth-order valence-electron chi connectivity index (χ4n) is 4.11. The molecule has 0 aromatic heterocycles. The van der Waals surface area contributed by atoms with E-state index >= 15 is 0 Å². The lowest BCUT2D eigenvalue weighted by atomic mass is 9.88. The van der Waals surface area contributed by atoms with E-state index in [9.17, 15) is 14.4 Å². The zero-order valence-electron chi connectivity index (χ0n) is 19.9. The number of rotatable bonds is 9. The van der Waals surface area contributed by atoms with Crippen LogP contribution in [0.1, 0.15) is 53.0 Å². The molecule has 32 heavy (non-hydrogen) atoms. The molecule has 2 aromatic carbocycles. The van der Waals surface area contributed by atoms with Crippen LogP contribution in [0, 0.1) is 11.8 Å². The Bertz CT molecular complexity index is 983. The number of carbonyl (C=O) groups is 3. The smallest absolute Gasteiger partial charge is 0.325 e. The molecular formula is C26H35N3O3. The van der Waals surface area contributed by atoms with Gasteiger partial charge in [0.15, 0.2) is 0 Å². The number of benzene rings is 2. The predicted molar refractivity (Wildman–Crippen MR) is 127 cm³/mol. The number of nitrogens with zero attached hydrogens (tertiary/aromatic N) is 2. The van der Waals surface area contributed by atoms with Crippen molar-refractivity contribution < 1.29 is 14.4 Å². The van der Waals surface area contributed by atoms with Crippen molar-refractivity contribution in [2.45, 2.75) is 53.0 Å². The lowest BCUT2D eigenvalue weighted by Crippen LogP contribution is -2.45. The maximum atomic E-state index is 13.4. The summed E-state index contributed by atoms with van der Waals surface area (Å²) in [5, 5.41) is 4.76. The highest BCUT2D eigenvalue weighted by atomic mass is 16.2. The van der Waals surface area contributed by atoms with E-state index in [-0.39, 0.29) is 18.4 Å². The Hall–Kier alpha value is -2.89. The Labute approximate surface area is 191 Å². The molecule has 2 aromatic rings. The third-order valence-corrected chi connectivity index (χ3v) is 6.20. The molecule has 0 spiro atoms. The summed E-state index contributed by atoms with van der Waals surface area (Å²) in [5.74, 6) is 0.364. The molecule has 1 heterocycles. The maximum Gasteiger partial charge on any atom is 0.325 e. The molecule has 0 radical (unpaired) electrons. The molecule has 0 saturated carbocycles. The molecule has 3 rings (SSSR count). The Kier molecular flexibility index (Phi) is 7.22. The number of fused-ring (bicyclic) bond motifs is 1. The third-order valence-electron chi connectivity index (χ3n) is 6.20. The standard InChI is InChI=1S/C26H35N3O3/c1-18(2)13-15-28(16-14-19(3)4)23(30)17-29-24(31)26(5,27-25(29)32)22-12-8-10-20-9-6-7-11-21(20)22/h6-12,18-19H,13-17H2,1-5H3,(H,27,32)/t26-/m1/s1. The predicted octanol–water partition coefficient (Wildman–Crippen LogP) is 4.53. The van der Waals surface area contributed by atoms with Gasteiger partial charge in [0.25, 0.3) is 5.91 Å². The van der Waals surface area contributed by atoms with E-state index in [0.29, 0.717) is 24.9 Å². The summed E-state index contributed by atoms with van der Waals surface area (Å²) in [5.41, 5.74) is -0.473. The molecule has 172 valence electrons. The molecule has 0 aliphatic carbocycles. The quantitative estimate of drug-likeness (QED) is 0.586. The van der Waals surface area contributed by atoms with Crippen LogP contribution in [0.4, 0.5) is 4.79 Å². The Morgan fingerprint density at radius 3 is 2.19 bits per heavy atom. The summed E-state index contributed by atoms with van der Waals surface area (Å²) in [6.07, 6.45) is 1.77. The van der Waals surface area contributed by atoms with E-state index in [1.165, 1.54) is 0 Å². The molecule has 6 nitrogen and oxygen atoms in total. The molecule has 0 bridgehead atoms. The number of urea groups is 1. The Morgan fingerprint density at radius 2 is 1.56 bits per heavy atom. The van der Waals surface area contributed by atoms with Crippen LogP contribution < -0.4 is 5.32 Å². The zero-order valence-corrected chi connectivity index (χ0v) is 19.9. The minimum Gasteiger partial charge on any atom is -0.341 e. The van der Waals surface area contributed by atoms with Crippen molar-refractivity contribution in [1.29, 1.82) is 0 Å². The largest absolute Gasteiger partial charge is 0.341 e. The first kappa shape index (κ1) is 23.8. The van der Waals surface area contributed by atoms with E-state index in [1.54, 1.807) is 11.8 Å². The van der Waals surface area contributed by atoms with Gasteiger partial charge >= 0.3 is 6.03 Å². The maximum absolute atomic E-state index is 13.4. The molecule has 1 N–H and O–H groups in total. The summed E-state index contributed by atoms with van der Waals surface area (Å²) in [6.45, 7) is 11.2. The van der Waals surface area contributed by atoms with Crippen LogP contribution in [0.2, 0.25) is 0 Å². The van der Waals surface area contributed by atoms with Gasteiger partial charge in [-0.25, -0.2) is 4.79 Å². The van der Waals surface area contributed by atoms with Crippen LogP contribution in [-0.2, 0) is 15.1 Å². The molecule has 6 heteroatoms. The first-order valence-electron chi connectivity index (χ1n) is 11.5. The number of hydrogen-bond acceptors (Lipinski definition) is 3. The van der Waals surface area contributed by atoms with Crippen molar-refractivity contribution in [2.24, 2.45) is 11.8 Å². The summed E-state index contributed by atoms with van der Waals surface area (Å²) in [4.78, 5) is 42.3. The molecule has 0 unspecified atom stereocenters. The molecule has 4 amide bonds. The molecule has 1 aliphatic rings. The van der Waals surface area contributed by atoms with Crippen molar-refractivity contribution in [2.75, 3.05) is 19.6 Å². The van der Waals surface area contributed by atoms with E-state index < -0.39 is 11.6 Å². The number of amides is 4. The second-order valence-corrected chi connectivity index (χ2v) is 9.72. The number of nitrogens with one attached hydrogen (secondary N) is 1. The van der Waals surface area contributed by atoms with Gasteiger partial charge in [0, 0.05) is 13.1 Å². The molecule has 1 saturated heterocycles. The van der Waals surface area contributed by atoms with E-state index in [2.05, 4.69) is 33.0 Å². The SMILES string of the molecule is CC(C)CCN(CCC(C)C)C(=O)CN1C(=O)N[C@](C)(c2cccc3ccccc23)C1=O. The van der Waals surface area contributed by atoms with Crippen molar-refractivity contribution >= 4 is 28.6 Å². The fraction of sp³-hybridized carbons (Fsp3) is 0.500. The summed E-state index contributed by atoms with van der Waals surface area (Å²) < 4.78 is 0. The van der Waals surface area contributed by atoms with Gasteiger partial charge in [-0.3, -0.25) is 14.5 Å². The fourth-order valence-corrected chi connectivity index (χ4v) is 4.11. The van der Waals surface area contributed by atoms with Gasteiger partial charge in [-0.05, 0) is 47.9 Å². The van der Waals surface area contributed by atoms with E-state index in [4.69, 9.17) is 0 Å². The zero-order chi connectivity index (χ0) is 23.5. The van der Waals surface area contributed by atoms with E-state index in [0.717, 1.165) is 34.1 Å². The molecular weight excluding hydrogens is 402 g/mol. The third kappa shape index (κ3) is 4.95. The monoisotopic (exact) mass is 437 g/mol. The van der Waals surface area contributed by atoms with Crippen LogP contribution in [0.3, 0.4) is 0 Å². The van der Waals surface area contributed by atoms with Crippen molar-refractivity contribution in [3.63, 3.8) is 0 Å². The summed E-state index contributed by atoms with van der Waals surface area (Å²) in [6, 6.07) is 13.0. The minimum atomic E-state index is -1.21. The number of carbonyl (C=O) groups excluding carboxylic acids is 3. The lowest BCUT2D eigenvalue weighted by molar-refractivity contribution is -0.139.